The lowest BCUT2D eigenvalue weighted by molar-refractivity contribution is -0.127. The van der Waals surface area contributed by atoms with Gasteiger partial charge in [-0.2, -0.15) is 10.5 Å². The summed E-state index contributed by atoms with van der Waals surface area (Å²) in [4.78, 5) is 20.4. The second-order valence-corrected chi connectivity index (χ2v) is 1.86. The van der Waals surface area contributed by atoms with Crippen LogP contribution in [0.25, 0.3) is 0 Å². The Hall–Kier alpha value is -1.44. The fourth-order valence-corrected chi connectivity index (χ4v) is 0.540. The van der Waals surface area contributed by atoms with E-state index in [1.165, 1.54) is 12.1 Å². The number of nitrogens with one attached hydrogen (secondary N) is 1. The number of halogens is 1. The molecule has 1 heterocycles. The standard InChI is InChI=1S/C4H5NO3.C2N2.BrH/c6-2-1-3(7)5-4(2)8;3-1-2-4;/h2,6H,1H2,(H,5,7,8);;1H. The molecule has 13 heavy (non-hydrogen) atoms. The summed E-state index contributed by atoms with van der Waals surface area (Å²) >= 11 is 0. The number of hydrogen-bond donors (Lipinski definition) is 2. The Kier molecular flexibility index (Phi) is 7.84. The summed E-state index contributed by atoms with van der Waals surface area (Å²) in [7, 11) is 0. The third-order valence-corrected chi connectivity index (χ3v) is 0.994. The molecule has 0 saturated carbocycles. The lowest BCUT2D eigenvalue weighted by Gasteiger charge is -1.88. The molecule has 1 atom stereocenters. The van der Waals surface area contributed by atoms with Crippen molar-refractivity contribution in [2.24, 2.45) is 0 Å². The van der Waals surface area contributed by atoms with Crippen molar-refractivity contribution in [3.63, 3.8) is 0 Å². The average Bonchev–Trinajstić information content (AvgIpc) is 2.30. The van der Waals surface area contributed by atoms with Crippen molar-refractivity contribution in [1.82, 2.24) is 5.32 Å². The Labute approximate surface area is 84.5 Å². The van der Waals surface area contributed by atoms with E-state index >= 15 is 0 Å². The second kappa shape index (κ2) is 7.22. The smallest absolute Gasteiger partial charge is 0.255 e. The van der Waals surface area contributed by atoms with Crippen molar-refractivity contribution in [2.45, 2.75) is 12.5 Å². The zero-order valence-electron chi connectivity index (χ0n) is 6.35. The van der Waals surface area contributed by atoms with Gasteiger partial charge in [0.15, 0.2) is 12.1 Å². The molecule has 2 N–H and O–H groups in total. The lowest BCUT2D eigenvalue weighted by Crippen LogP contribution is -2.24. The van der Waals surface area contributed by atoms with Gasteiger partial charge in [-0.1, -0.05) is 0 Å². The maximum absolute atomic E-state index is 10.2. The van der Waals surface area contributed by atoms with Crippen LogP contribution in [0, 0.1) is 22.7 Å². The highest BCUT2D eigenvalue weighted by atomic mass is 79.9. The Morgan fingerprint density at radius 2 is 1.85 bits per heavy atom. The van der Waals surface area contributed by atoms with Gasteiger partial charge in [0.1, 0.15) is 6.10 Å². The average molecular weight is 248 g/mol. The van der Waals surface area contributed by atoms with Crippen LogP contribution in [-0.4, -0.2) is 23.0 Å². The number of hydrogen-bond acceptors (Lipinski definition) is 5. The fourth-order valence-electron chi connectivity index (χ4n) is 0.540. The van der Waals surface area contributed by atoms with Crippen LogP contribution in [0.1, 0.15) is 6.42 Å². The predicted molar refractivity (Wildman–Crippen MR) is 45.3 cm³/mol. The Balaban J connectivity index is 0. The molecule has 1 aliphatic rings. The minimum atomic E-state index is -1.11. The molecule has 1 fully saturated rings. The molecule has 0 bridgehead atoms. The van der Waals surface area contributed by atoms with Gasteiger partial charge in [-0.15, -0.1) is 17.0 Å². The minimum Gasteiger partial charge on any atom is -0.383 e. The van der Waals surface area contributed by atoms with Crippen LogP contribution in [0.5, 0.6) is 0 Å². The summed E-state index contributed by atoms with van der Waals surface area (Å²) in [5.41, 5.74) is 0. The van der Waals surface area contributed by atoms with Crippen LogP contribution in [-0.2, 0) is 9.59 Å². The van der Waals surface area contributed by atoms with E-state index < -0.39 is 17.9 Å². The van der Waals surface area contributed by atoms with Gasteiger partial charge in [0.25, 0.3) is 5.91 Å². The van der Waals surface area contributed by atoms with Crippen LogP contribution in [0.2, 0.25) is 0 Å². The molecule has 0 aromatic rings. The first-order chi connectivity index (χ1) is 5.61. The summed E-state index contributed by atoms with van der Waals surface area (Å²) in [5, 5.41) is 25.0. The SMILES string of the molecule is Br.N#CC#N.O=C1CC(O)C(=O)N1. The van der Waals surface area contributed by atoms with E-state index in [0.717, 1.165) is 0 Å². The van der Waals surface area contributed by atoms with Crippen molar-refractivity contribution in [3.05, 3.63) is 0 Å². The minimum absolute atomic E-state index is 0. The Morgan fingerprint density at radius 1 is 1.38 bits per heavy atom. The molecule has 0 aromatic carbocycles. The highest BCUT2D eigenvalue weighted by Gasteiger charge is 2.27. The molecule has 1 saturated heterocycles. The van der Waals surface area contributed by atoms with Gasteiger partial charge in [-0.25, -0.2) is 0 Å². The number of aliphatic hydroxyl groups excluding tert-OH is 1. The van der Waals surface area contributed by atoms with Gasteiger partial charge >= 0.3 is 0 Å². The van der Waals surface area contributed by atoms with Crippen LogP contribution in [0.3, 0.4) is 0 Å². The molecule has 0 aromatic heterocycles. The summed E-state index contributed by atoms with van der Waals surface area (Å²) in [6.45, 7) is 0. The fraction of sp³-hybridized carbons (Fsp3) is 0.333. The molecule has 1 aliphatic heterocycles. The normalized spacial score (nSPS) is 18.2. The third kappa shape index (κ3) is 5.79. The molecule has 0 radical (unpaired) electrons. The quantitative estimate of drug-likeness (QED) is 0.534. The van der Waals surface area contributed by atoms with E-state index in [0.29, 0.717) is 0 Å². The van der Waals surface area contributed by atoms with Crippen molar-refractivity contribution in [1.29, 1.82) is 10.5 Å². The topological polar surface area (TPSA) is 114 Å². The predicted octanol–water partition coefficient (Wildman–Crippen LogP) is -0.995. The van der Waals surface area contributed by atoms with Crippen LogP contribution in [0.4, 0.5) is 0 Å². The Bertz CT molecular complexity index is 266. The van der Waals surface area contributed by atoms with Gasteiger partial charge in [-0.3, -0.25) is 14.9 Å². The number of carbonyl (C=O) groups is 2. The first-order valence-corrected chi connectivity index (χ1v) is 2.91. The van der Waals surface area contributed by atoms with Gasteiger partial charge in [0.05, 0.1) is 6.42 Å². The van der Waals surface area contributed by atoms with Crippen LogP contribution < -0.4 is 5.32 Å². The number of imide groups is 1. The highest BCUT2D eigenvalue weighted by Crippen LogP contribution is 1.98. The van der Waals surface area contributed by atoms with Crippen LogP contribution in [0.15, 0.2) is 0 Å². The van der Waals surface area contributed by atoms with Crippen molar-refractivity contribution in [3.8, 4) is 12.1 Å². The molecule has 6 nitrogen and oxygen atoms in total. The molecule has 7 heteroatoms. The van der Waals surface area contributed by atoms with E-state index in [-0.39, 0.29) is 23.4 Å². The van der Waals surface area contributed by atoms with Crippen LogP contribution >= 0.6 is 17.0 Å². The van der Waals surface area contributed by atoms with E-state index in [4.69, 9.17) is 15.6 Å². The summed E-state index contributed by atoms with van der Waals surface area (Å²) in [6.07, 6.45) is -1.19. The van der Waals surface area contributed by atoms with Gasteiger partial charge in [0, 0.05) is 0 Å². The molecule has 0 spiro atoms. The largest absolute Gasteiger partial charge is 0.383 e. The number of nitriles is 2. The summed E-state index contributed by atoms with van der Waals surface area (Å²) < 4.78 is 0. The lowest BCUT2D eigenvalue weighted by atomic mass is 10.3. The number of rotatable bonds is 0. The zero-order chi connectivity index (χ0) is 9.56. The molecule has 70 valence electrons. The number of amides is 2. The number of nitrogens with zero attached hydrogens (tertiary/aromatic N) is 2. The first kappa shape index (κ1) is 14.1. The first-order valence-electron chi connectivity index (χ1n) is 2.91. The second-order valence-electron chi connectivity index (χ2n) is 1.86. The Morgan fingerprint density at radius 3 is 1.92 bits per heavy atom. The summed E-state index contributed by atoms with van der Waals surface area (Å²) in [6, 6.07) is 2.47. The van der Waals surface area contributed by atoms with Crippen molar-refractivity contribution < 1.29 is 14.7 Å². The van der Waals surface area contributed by atoms with E-state index in [9.17, 15) is 9.59 Å². The molecular formula is C6H6BrN3O3. The van der Waals surface area contributed by atoms with Gasteiger partial charge in [0.2, 0.25) is 5.91 Å². The molecule has 0 aliphatic carbocycles. The van der Waals surface area contributed by atoms with Gasteiger partial charge < -0.3 is 5.11 Å². The highest BCUT2D eigenvalue weighted by molar-refractivity contribution is 8.93. The third-order valence-electron chi connectivity index (χ3n) is 0.994. The monoisotopic (exact) mass is 247 g/mol. The van der Waals surface area contributed by atoms with E-state index in [1.54, 1.807) is 0 Å². The number of carbonyl (C=O) groups excluding carboxylic acids is 2. The van der Waals surface area contributed by atoms with E-state index in [2.05, 4.69) is 0 Å². The number of aliphatic hydroxyl groups is 1. The van der Waals surface area contributed by atoms with Gasteiger partial charge in [-0.05, 0) is 0 Å². The van der Waals surface area contributed by atoms with Crippen molar-refractivity contribution in [2.75, 3.05) is 0 Å². The van der Waals surface area contributed by atoms with Crippen molar-refractivity contribution >= 4 is 28.8 Å². The molecule has 1 rings (SSSR count). The molecular weight excluding hydrogens is 242 g/mol. The molecule has 1 unspecified atom stereocenters. The molecule has 2 amide bonds. The maximum atomic E-state index is 10.2. The summed E-state index contributed by atoms with van der Waals surface area (Å²) in [5.74, 6) is -0.988. The maximum Gasteiger partial charge on any atom is 0.255 e. The van der Waals surface area contributed by atoms with E-state index in [1.807, 2.05) is 5.32 Å². The zero-order valence-corrected chi connectivity index (χ0v) is 8.06.